The molecule has 1 fully saturated rings. The molecule has 2 heterocycles. The van der Waals surface area contributed by atoms with Crippen LogP contribution in [0, 0.1) is 0 Å². The van der Waals surface area contributed by atoms with E-state index in [9.17, 15) is 9.59 Å². The fourth-order valence-electron chi connectivity index (χ4n) is 2.02. The van der Waals surface area contributed by atoms with Gasteiger partial charge in [0.2, 0.25) is 0 Å². The molecule has 1 aromatic heterocycles. The Balaban J connectivity index is 2.28. The number of carbonyl (C=O) groups excluding carboxylic acids is 2. The van der Waals surface area contributed by atoms with Crippen molar-refractivity contribution >= 4 is 23.1 Å². The average Bonchev–Trinajstić information content (AvgIpc) is 2.85. The highest BCUT2D eigenvalue weighted by atomic mass is 32.1. The van der Waals surface area contributed by atoms with Gasteiger partial charge in [0, 0.05) is 19.4 Å². The van der Waals surface area contributed by atoms with E-state index in [-0.39, 0.29) is 24.0 Å². The van der Waals surface area contributed by atoms with Gasteiger partial charge < -0.3 is 9.47 Å². The molecule has 1 aliphatic heterocycles. The van der Waals surface area contributed by atoms with Gasteiger partial charge in [-0.1, -0.05) is 0 Å². The summed E-state index contributed by atoms with van der Waals surface area (Å²) in [4.78, 5) is 28.1. The lowest BCUT2D eigenvalue weighted by molar-refractivity contribution is 0.0516. The Hall–Kier alpha value is -1.27. The zero-order valence-electron chi connectivity index (χ0n) is 11.1. The van der Waals surface area contributed by atoms with Gasteiger partial charge in [-0.3, -0.25) is 4.79 Å². The Kier molecular flexibility index (Phi) is 4.66. The van der Waals surface area contributed by atoms with Gasteiger partial charge >= 0.3 is 5.97 Å². The second-order valence-electron chi connectivity index (χ2n) is 4.42. The lowest BCUT2D eigenvalue weighted by Gasteiger charge is -2.19. The van der Waals surface area contributed by atoms with E-state index in [1.165, 1.54) is 18.3 Å². The Labute approximate surface area is 115 Å². The Morgan fingerprint density at radius 1 is 1.53 bits per heavy atom. The molecule has 0 saturated carbocycles. The van der Waals surface area contributed by atoms with Crippen molar-refractivity contribution < 1.29 is 19.1 Å². The zero-order valence-corrected chi connectivity index (χ0v) is 11.9. The number of rotatable bonds is 4. The maximum absolute atomic E-state index is 11.8. The zero-order chi connectivity index (χ0) is 13.8. The van der Waals surface area contributed by atoms with Crippen LogP contribution in [0.15, 0.2) is 0 Å². The third-order valence-electron chi connectivity index (χ3n) is 2.94. The fourth-order valence-corrected chi connectivity index (χ4v) is 3.09. The second-order valence-corrected chi connectivity index (χ2v) is 5.45. The number of hydrogen-bond donors (Lipinski definition) is 0. The first-order chi connectivity index (χ1) is 9.13. The highest BCUT2D eigenvalue weighted by Crippen LogP contribution is 2.31. The van der Waals surface area contributed by atoms with Gasteiger partial charge in [-0.15, -0.1) is 11.3 Å². The molecule has 104 valence electrons. The minimum atomic E-state index is -0.521. The van der Waals surface area contributed by atoms with E-state index in [2.05, 4.69) is 4.98 Å². The standard InChI is InChI=1S/C13H17NO4S/c1-3-18-13(16)10-11(8(2)15)19-12(14-10)9-5-4-6-17-7-9/h9H,3-7H2,1-2H3. The first-order valence-corrected chi connectivity index (χ1v) is 7.21. The molecule has 0 spiro atoms. The van der Waals surface area contributed by atoms with Gasteiger partial charge in [-0.05, 0) is 19.8 Å². The quantitative estimate of drug-likeness (QED) is 0.627. The number of ketones is 1. The lowest BCUT2D eigenvalue weighted by Crippen LogP contribution is -2.15. The van der Waals surface area contributed by atoms with Crippen LogP contribution < -0.4 is 0 Å². The maximum Gasteiger partial charge on any atom is 0.358 e. The number of nitrogens with zero attached hydrogens (tertiary/aromatic N) is 1. The summed E-state index contributed by atoms with van der Waals surface area (Å²) in [5.74, 6) is -0.490. The molecule has 0 aliphatic carbocycles. The first kappa shape index (κ1) is 14.1. The van der Waals surface area contributed by atoms with Gasteiger partial charge in [0.1, 0.15) is 4.88 Å². The number of aromatic nitrogens is 1. The third-order valence-corrected chi connectivity index (χ3v) is 4.26. The van der Waals surface area contributed by atoms with Crippen LogP contribution in [0.2, 0.25) is 0 Å². The van der Waals surface area contributed by atoms with E-state index in [1.54, 1.807) is 6.92 Å². The summed E-state index contributed by atoms with van der Waals surface area (Å²) in [6, 6.07) is 0. The molecule has 19 heavy (non-hydrogen) atoms. The molecule has 0 radical (unpaired) electrons. The molecule has 2 rings (SSSR count). The summed E-state index contributed by atoms with van der Waals surface area (Å²) in [7, 11) is 0. The molecule has 1 atom stereocenters. The summed E-state index contributed by atoms with van der Waals surface area (Å²) in [5, 5.41) is 0.799. The predicted octanol–water partition coefficient (Wildman–Crippen LogP) is 2.42. The van der Waals surface area contributed by atoms with Crippen LogP contribution in [0.25, 0.3) is 0 Å². The summed E-state index contributed by atoms with van der Waals surface area (Å²) in [5.41, 5.74) is 0.153. The van der Waals surface area contributed by atoms with Crippen LogP contribution in [0.3, 0.4) is 0 Å². The topological polar surface area (TPSA) is 65.5 Å². The molecular weight excluding hydrogens is 266 g/mol. The molecule has 1 saturated heterocycles. The third kappa shape index (κ3) is 3.19. The van der Waals surface area contributed by atoms with Crippen molar-refractivity contribution in [2.45, 2.75) is 32.6 Å². The van der Waals surface area contributed by atoms with Crippen molar-refractivity contribution in [3.05, 3.63) is 15.6 Å². The van der Waals surface area contributed by atoms with Gasteiger partial charge in [-0.25, -0.2) is 9.78 Å². The van der Waals surface area contributed by atoms with Crippen LogP contribution >= 0.6 is 11.3 Å². The number of hydrogen-bond acceptors (Lipinski definition) is 6. The van der Waals surface area contributed by atoms with Gasteiger partial charge in [0.25, 0.3) is 0 Å². The van der Waals surface area contributed by atoms with Crippen LogP contribution in [0.5, 0.6) is 0 Å². The molecule has 1 aliphatic rings. The molecule has 1 aromatic rings. The van der Waals surface area contributed by atoms with E-state index in [1.807, 2.05) is 0 Å². The molecule has 1 unspecified atom stereocenters. The van der Waals surface area contributed by atoms with Crippen LogP contribution in [0.4, 0.5) is 0 Å². The van der Waals surface area contributed by atoms with Crippen LogP contribution in [0.1, 0.15) is 57.8 Å². The van der Waals surface area contributed by atoms with E-state index in [0.717, 1.165) is 24.5 Å². The van der Waals surface area contributed by atoms with Gasteiger partial charge in [0.05, 0.1) is 18.2 Å². The number of Topliss-reactive ketones (excluding diaryl/α,β-unsaturated/α-hetero) is 1. The molecule has 0 amide bonds. The molecule has 0 bridgehead atoms. The maximum atomic E-state index is 11.8. The highest BCUT2D eigenvalue weighted by Gasteiger charge is 2.26. The van der Waals surface area contributed by atoms with Crippen LogP contribution in [-0.2, 0) is 9.47 Å². The molecular formula is C13H17NO4S. The van der Waals surface area contributed by atoms with Gasteiger partial charge in [0.15, 0.2) is 11.5 Å². The van der Waals surface area contributed by atoms with Crippen molar-refractivity contribution in [2.75, 3.05) is 19.8 Å². The van der Waals surface area contributed by atoms with E-state index in [0.29, 0.717) is 11.5 Å². The molecule has 0 aromatic carbocycles. The van der Waals surface area contributed by atoms with E-state index < -0.39 is 5.97 Å². The lowest BCUT2D eigenvalue weighted by atomic mass is 10.0. The SMILES string of the molecule is CCOC(=O)c1nc(C2CCCOC2)sc1C(C)=O. The number of ether oxygens (including phenoxy) is 2. The predicted molar refractivity (Wildman–Crippen MR) is 70.9 cm³/mol. The summed E-state index contributed by atoms with van der Waals surface area (Å²) >= 11 is 1.29. The summed E-state index contributed by atoms with van der Waals surface area (Å²) in [6.07, 6.45) is 1.96. The van der Waals surface area contributed by atoms with E-state index >= 15 is 0 Å². The minimum absolute atomic E-state index is 0.150. The Morgan fingerprint density at radius 2 is 2.32 bits per heavy atom. The first-order valence-electron chi connectivity index (χ1n) is 6.40. The summed E-state index contributed by atoms with van der Waals surface area (Å²) in [6.45, 7) is 4.82. The molecule has 0 N–H and O–H groups in total. The number of thiazole rings is 1. The van der Waals surface area contributed by atoms with Crippen molar-refractivity contribution in [2.24, 2.45) is 0 Å². The smallest absolute Gasteiger partial charge is 0.358 e. The number of esters is 1. The second kappa shape index (κ2) is 6.25. The Bertz CT molecular complexity index is 477. The Morgan fingerprint density at radius 3 is 2.89 bits per heavy atom. The van der Waals surface area contributed by atoms with Gasteiger partial charge in [-0.2, -0.15) is 0 Å². The number of carbonyl (C=O) groups is 2. The minimum Gasteiger partial charge on any atom is -0.461 e. The normalized spacial score (nSPS) is 19.2. The van der Waals surface area contributed by atoms with Crippen molar-refractivity contribution in [1.29, 1.82) is 0 Å². The fraction of sp³-hybridized carbons (Fsp3) is 0.615. The van der Waals surface area contributed by atoms with E-state index in [4.69, 9.17) is 9.47 Å². The monoisotopic (exact) mass is 283 g/mol. The van der Waals surface area contributed by atoms with Crippen LogP contribution in [-0.4, -0.2) is 36.6 Å². The van der Waals surface area contributed by atoms with Crippen molar-refractivity contribution in [3.8, 4) is 0 Å². The highest BCUT2D eigenvalue weighted by molar-refractivity contribution is 7.14. The summed E-state index contributed by atoms with van der Waals surface area (Å²) < 4.78 is 10.4. The largest absolute Gasteiger partial charge is 0.461 e. The molecule has 5 nitrogen and oxygen atoms in total. The van der Waals surface area contributed by atoms with Crippen molar-refractivity contribution in [1.82, 2.24) is 4.98 Å². The molecule has 6 heteroatoms. The average molecular weight is 283 g/mol. The van der Waals surface area contributed by atoms with Crippen molar-refractivity contribution in [3.63, 3.8) is 0 Å².